The van der Waals surface area contributed by atoms with E-state index in [1.165, 1.54) is 6.07 Å². The van der Waals surface area contributed by atoms with Gasteiger partial charge in [0.05, 0.1) is 36.8 Å². The van der Waals surface area contributed by atoms with Crippen LogP contribution in [0.5, 0.6) is 0 Å². The minimum Gasteiger partial charge on any atom is -0.397 e. The van der Waals surface area contributed by atoms with E-state index in [2.05, 4.69) is 5.32 Å². The molecule has 0 saturated carbocycles. The lowest BCUT2D eigenvalue weighted by atomic mass is 10.1. The highest BCUT2D eigenvalue weighted by Gasteiger charge is 2.30. The Kier molecular flexibility index (Phi) is 5.91. The van der Waals surface area contributed by atoms with Crippen LogP contribution in [-0.4, -0.2) is 33.5 Å². The molecule has 0 spiro atoms. The summed E-state index contributed by atoms with van der Waals surface area (Å²) in [6.45, 7) is 1.85. The second kappa shape index (κ2) is 7.20. The van der Waals surface area contributed by atoms with E-state index in [0.717, 1.165) is 12.1 Å². The fourth-order valence-corrected chi connectivity index (χ4v) is 1.40. The number of alkyl halides is 3. The molecule has 0 aliphatic rings. The Labute approximate surface area is 109 Å². The third-order valence-corrected chi connectivity index (χ3v) is 2.37. The van der Waals surface area contributed by atoms with Gasteiger partial charge in [-0.2, -0.15) is 13.2 Å². The van der Waals surface area contributed by atoms with Crippen molar-refractivity contribution in [1.82, 2.24) is 0 Å². The Bertz CT molecular complexity index is 397. The van der Waals surface area contributed by atoms with Crippen LogP contribution in [0.4, 0.5) is 24.5 Å². The predicted molar refractivity (Wildman–Crippen MR) is 67.0 cm³/mol. The second-order valence-corrected chi connectivity index (χ2v) is 3.83. The quantitative estimate of drug-likeness (QED) is 0.594. The first kappa shape index (κ1) is 15.6. The number of methoxy groups -OCH3 is 1. The number of halogens is 3. The third kappa shape index (κ3) is 5.35. The summed E-state index contributed by atoms with van der Waals surface area (Å²) in [5.74, 6) is 0. The molecule has 0 aliphatic carbocycles. The minimum absolute atomic E-state index is 0.0618. The van der Waals surface area contributed by atoms with Crippen molar-refractivity contribution in [3.05, 3.63) is 23.8 Å². The van der Waals surface area contributed by atoms with E-state index in [-0.39, 0.29) is 5.69 Å². The topological polar surface area (TPSA) is 56.5 Å². The van der Waals surface area contributed by atoms with E-state index in [1.807, 2.05) is 0 Å². The maximum absolute atomic E-state index is 12.4. The zero-order valence-corrected chi connectivity index (χ0v) is 10.6. The summed E-state index contributed by atoms with van der Waals surface area (Å²) in [4.78, 5) is 0. The van der Waals surface area contributed by atoms with Crippen molar-refractivity contribution in [3.8, 4) is 0 Å². The number of rotatable bonds is 7. The van der Waals surface area contributed by atoms with Gasteiger partial charge in [0.1, 0.15) is 0 Å². The lowest BCUT2D eigenvalue weighted by Gasteiger charge is -2.12. The molecule has 0 amide bonds. The number of benzene rings is 1. The molecule has 3 N–H and O–H groups in total. The molecule has 1 aromatic rings. The van der Waals surface area contributed by atoms with Gasteiger partial charge in [-0.05, 0) is 18.2 Å². The van der Waals surface area contributed by atoms with Crippen LogP contribution < -0.4 is 11.1 Å². The highest BCUT2D eigenvalue weighted by Crippen LogP contribution is 2.32. The number of ether oxygens (including phenoxy) is 2. The lowest BCUT2D eigenvalue weighted by molar-refractivity contribution is -0.137. The van der Waals surface area contributed by atoms with E-state index < -0.39 is 11.7 Å². The molecular weight excluding hydrogens is 261 g/mol. The number of nitrogen functional groups attached to an aromatic ring is 1. The number of anilines is 2. The standard InChI is InChI=1S/C12H17F3N2O2/c1-18-6-7-19-5-4-17-11-3-2-9(8-10(11)16)12(13,14)15/h2-3,8,17H,4-7,16H2,1H3. The highest BCUT2D eigenvalue weighted by molar-refractivity contribution is 5.67. The molecule has 0 radical (unpaired) electrons. The van der Waals surface area contributed by atoms with Crippen LogP contribution >= 0.6 is 0 Å². The Balaban J connectivity index is 2.43. The van der Waals surface area contributed by atoms with Gasteiger partial charge >= 0.3 is 6.18 Å². The molecule has 7 heteroatoms. The minimum atomic E-state index is -4.38. The first-order chi connectivity index (χ1) is 8.95. The summed E-state index contributed by atoms with van der Waals surface area (Å²) in [5, 5.41) is 2.91. The van der Waals surface area contributed by atoms with Gasteiger partial charge in [0.15, 0.2) is 0 Å². The molecule has 0 aromatic heterocycles. The smallest absolute Gasteiger partial charge is 0.397 e. The lowest BCUT2D eigenvalue weighted by Crippen LogP contribution is -2.13. The third-order valence-electron chi connectivity index (χ3n) is 2.37. The van der Waals surface area contributed by atoms with Gasteiger partial charge in [-0.1, -0.05) is 0 Å². The van der Waals surface area contributed by atoms with Gasteiger partial charge in [-0.25, -0.2) is 0 Å². The van der Waals surface area contributed by atoms with E-state index in [1.54, 1.807) is 7.11 Å². The van der Waals surface area contributed by atoms with Gasteiger partial charge in [0.25, 0.3) is 0 Å². The number of nitrogens with two attached hydrogens (primary N) is 1. The molecule has 0 unspecified atom stereocenters. The van der Waals surface area contributed by atoms with E-state index >= 15 is 0 Å². The molecular formula is C12H17F3N2O2. The van der Waals surface area contributed by atoms with Gasteiger partial charge < -0.3 is 20.5 Å². The van der Waals surface area contributed by atoms with Gasteiger partial charge in [0, 0.05) is 13.7 Å². The first-order valence-corrected chi connectivity index (χ1v) is 5.72. The van der Waals surface area contributed by atoms with Crippen molar-refractivity contribution in [1.29, 1.82) is 0 Å². The summed E-state index contributed by atoms with van der Waals surface area (Å²) in [6.07, 6.45) is -4.38. The summed E-state index contributed by atoms with van der Waals surface area (Å²) in [6, 6.07) is 3.21. The van der Waals surface area contributed by atoms with Crippen LogP contribution in [0.25, 0.3) is 0 Å². The average molecular weight is 278 g/mol. The van der Waals surface area contributed by atoms with Crippen LogP contribution in [-0.2, 0) is 15.7 Å². The normalized spacial score (nSPS) is 11.6. The second-order valence-electron chi connectivity index (χ2n) is 3.83. The van der Waals surface area contributed by atoms with E-state index in [9.17, 15) is 13.2 Å². The first-order valence-electron chi connectivity index (χ1n) is 5.72. The summed E-state index contributed by atoms with van der Waals surface area (Å²) in [7, 11) is 1.57. The Morgan fingerprint density at radius 2 is 1.95 bits per heavy atom. The zero-order chi connectivity index (χ0) is 14.3. The SMILES string of the molecule is COCCOCCNc1ccc(C(F)(F)F)cc1N. The summed E-state index contributed by atoms with van der Waals surface area (Å²) in [5.41, 5.74) is 5.32. The van der Waals surface area contributed by atoms with Crippen LogP contribution in [0.15, 0.2) is 18.2 Å². The predicted octanol–water partition coefficient (Wildman–Crippen LogP) is 2.36. The van der Waals surface area contributed by atoms with Crippen molar-refractivity contribution >= 4 is 11.4 Å². The van der Waals surface area contributed by atoms with Crippen LogP contribution in [0.1, 0.15) is 5.56 Å². The van der Waals surface area contributed by atoms with Crippen LogP contribution in [0.3, 0.4) is 0 Å². The molecule has 1 rings (SSSR count). The van der Waals surface area contributed by atoms with Gasteiger partial charge in [0.2, 0.25) is 0 Å². The Morgan fingerprint density at radius 1 is 1.21 bits per heavy atom. The maximum Gasteiger partial charge on any atom is 0.416 e. The zero-order valence-electron chi connectivity index (χ0n) is 10.6. The number of nitrogens with one attached hydrogen (secondary N) is 1. The Morgan fingerprint density at radius 3 is 2.53 bits per heavy atom. The molecule has 0 atom stereocenters. The molecule has 0 fully saturated rings. The molecule has 1 aromatic carbocycles. The fourth-order valence-electron chi connectivity index (χ4n) is 1.40. The van der Waals surface area contributed by atoms with Gasteiger partial charge in [-0.3, -0.25) is 0 Å². The highest BCUT2D eigenvalue weighted by atomic mass is 19.4. The summed E-state index contributed by atoms with van der Waals surface area (Å²) < 4.78 is 47.3. The van der Waals surface area contributed by atoms with E-state index in [0.29, 0.717) is 32.1 Å². The van der Waals surface area contributed by atoms with Crippen molar-refractivity contribution in [2.24, 2.45) is 0 Å². The summed E-state index contributed by atoms with van der Waals surface area (Å²) >= 11 is 0. The monoisotopic (exact) mass is 278 g/mol. The largest absolute Gasteiger partial charge is 0.416 e. The van der Waals surface area contributed by atoms with Crippen LogP contribution in [0.2, 0.25) is 0 Å². The fraction of sp³-hybridized carbons (Fsp3) is 0.500. The average Bonchev–Trinajstić information content (AvgIpc) is 2.34. The van der Waals surface area contributed by atoms with Crippen molar-refractivity contribution in [3.63, 3.8) is 0 Å². The Hall–Kier alpha value is -1.47. The molecule has 0 heterocycles. The van der Waals surface area contributed by atoms with Crippen molar-refractivity contribution in [2.75, 3.05) is 44.5 Å². The molecule has 19 heavy (non-hydrogen) atoms. The molecule has 4 nitrogen and oxygen atoms in total. The molecule has 108 valence electrons. The molecule has 0 bridgehead atoms. The molecule has 0 saturated heterocycles. The number of hydrogen-bond donors (Lipinski definition) is 2. The maximum atomic E-state index is 12.4. The van der Waals surface area contributed by atoms with Crippen molar-refractivity contribution < 1.29 is 22.6 Å². The van der Waals surface area contributed by atoms with Gasteiger partial charge in [-0.15, -0.1) is 0 Å². The van der Waals surface area contributed by atoms with Crippen LogP contribution in [0, 0.1) is 0 Å². The van der Waals surface area contributed by atoms with Crippen molar-refractivity contribution in [2.45, 2.75) is 6.18 Å². The van der Waals surface area contributed by atoms with E-state index in [4.69, 9.17) is 15.2 Å². The number of hydrogen-bond acceptors (Lipinski definition) is 4. The molecule has 0 aliphatic heterocycles.